The van der Waals surface area contributed by atoms with Gasteiger partial charge in [-0.15, -0.1) is 0 Å². The molecular weight excluding hydrogens is 339 g/mol. The Balaban J connectivity index is 1.52. The molecule has 0 bridgehead atoms. The molecular formula is C18H15FN4O3. The zero-order valence-electron chi connectivity index (χ0n) is 13.7. The smallest absolute Gasteiger partial charge is 0.414 e. The molecule has 26 heavy (non-hydrogen) atoms. The maximum atomic E-state index is 14.0. The molecule has 4 rings (SSSR count). The lowest BCUT2D eigenvalue weighted by atomic mass is 10.1. The number of hydrogen-bond donors (Lipinski definition) is 2. The van der Waals surface area contributed by atoms with E-state index in [-0.39, 0.29) is 31.2 Å². The Bertz CT molecular complexity index is 1000. The van der Waals surface area contributed by atoms with Gasteiger partial charge in [0, 0.05) is 23.5 Å². The molecule has 0 aliphatic carbocycles. The van der Waals surface area contributed by atoms with Gasteiger partial charge >= 0.3 is 6.09 Å². The molecule has 132 valence electrons. The first-order valence-corrected chi connectivity index (χ1v) is 8.05. The number of fused-ring (bicyclic) bond motifs is 1. The van der Waals surface area contributed by atoms with Crippen molar-refractivity contribution in [1.29, 1.82) is 0 Å². The Morgan fingerprint density at radius 3 is 3.08 bits per heavy atom. The number of nitrogens with zero attached hydrogens (tertiary/aromatic N) is 2. The summed E-state index contributed by atoms with van der Waals surface area (Å²) >= 11 is 0. The van der Waals surface area contributed by atoms with E-state index in [1.54, 1.807) is 18.6 Å². The summed E-state index contributed by atoms with van der Waals surface area (Å²) in [4.78, 5) is 32.3. The standard InChI is InChI=1S/C18H15FN4O3/c19-14-2-1-12(8-16(14)23-5-6-26-18(23)25)22-17(24)7-11-9-21-15-10-20-4-3-13(11)15/h1-4,8-10,21H,5-7H2,(H,22,24). The van der Waals surface area contributed by atoms with Crippen molar-refractivity contribution in [2.24, 2.45) is 0 Å². The van der Waals surface area contributed by atoms with Crippen molar-refractivity contribution in [2.75, 3.05) is 23.4 Å². The summed E-state index contributed by atoms with van der Waals surface area (Å²) in [7, 11) is 0. The van der Waals surface area contributed by atoms with E-state index in [0.29, 0.717) is 5.69 Å². The third-order valence-corrected chi connectivity index (χ3v) is 4.20. The maximum absolute atomic E-state index is 14.0. The quantitative estimate of drug-likeness (QED) is 0.754. The minimum atomic E-state index is -0.597. The zero-order valence-corrected chi connectivity index (χ0v) is 13.7. The van der Waals surface area contributed by atoms with E-state index in [0.717, 1.165) is 16.5 Å². The normalized spacial score (nSPS) is 13.9. The molecule has 2 amide bonds. The molecule has 7 nitrogen and oxygen atoms in total. The summed E-state index contributed by atoms with van der Waals surface area (Å²) in [6, 6.07) is 5.94. The monoisotopic (exact) mass is 354 g/mol. The van der Waals surface area contributed by atoms with Crippen molar-refractivity contribution in [1.82, 2.24) is 9.97 Å². The van der Waals surface area contributed by atoms with Crippen molar-refractivity contribution in [2.45, 2.75) is 6.42 Å². The van der Waals surface area contributed by atoms with Crippen molar-refractivity contribution in [3.63, 3.8) is 0 Å². The fraction of sp³-hybridized carbons (Fsp3) is 0.167. The number of benzene rings is 1. The number of rotatable bonds is 4. The third kappa shape index (κ3) is 2.97. The Hall–Kier alpha value is -3.42. The highest BCUT2D eigenvalue weighted by atomic mass is 19.1. The summed E-state index contributed by atoms with van der Waals surface area (Å²) in [5.41, 5.74) is 2.19. The Kier molecular flexibility index (Phi) is 4.00. The van der Waals surface area contributed by atoms with E-state index in [9.17, 15) is 14.0 Å². The molecule has 2 N–H and O–H groups in total. The van der Waals surface area contributed by atoms with Crippen LogP contribution in [0, 0.1) is 5.82 Å². The number of ether oxygens (including phenoxy) is 1. The maximum Gasteiger partial charge on any atom is 0.414 e. The van der Waals surface area contributed by atoms with E-state index in [1.165, 1.54) is 23.1 Å². The Morgan fingerprint density at radius 1 is 1.38 bits per heavy atom. The SMILES string of the molecule is O=C(Cc1c[nH]c2cnccc12)Nc1ccc(F)c(N2CCOC2=O)c1. The van der Waals surface area contributed by atoms with Crippen LogP contribution in [0.3, 0.4) is 0 Å². The molecule has 0 unspecified atom stereocenters. The summed E-state index contributed by atoms with van der Waals surface area (Å²) in [6.07, 6.45) is 4.68. The van der Waals surface area contributed by atoms with Crippen LogP contribution < -0.4 is 10.2 Å². The van der Waals surface area contributed by atoms with Gasteiger partial charge in [0.25, 0.3) is 0 Å². The second-order valence-corrected chi connectivity index (χ2v) is 5.89. The summed E-state index contributed by atoms with van der Waals surface area (Å²) < 4.78 is 18.9. The number of nitrogens with one attached hydrogen (secondary N) is 2. The molecule has 3 heterocycles. The highest BCUT2D eigenvalue weighted by Crippen LogP contribution is 2.26. The van der Waals surface area contributed by atoms with E-state index >= 15 is 0 Å². The minimum absolute atomic E-state index is 0.0865. The number of anilines is 2. The molecule has 1 saturated heterocycles. The van der Waals surface area contributed by atoms with E-state index in [1.807, 2.05) is 6.07 Å². The molecule has 8 heteroatoms. The molecule has 1 aliphatic heterocycles. The molecule has 0 radical (unpaired) electrons. The number of aromatic nitrogens is 2. The highest BCUT2D eigenvalue weighted by molar-refractivity contribution is 5.97. The average Bonchev–Trinajstić information content (AvgIpc) is 3.23. The number of halogens is 1. The van der Waals surface area contributed by atoms with Gasteiger partial charge in [-0.1, -0.05) is 0 Å². The third-order valence-electron chi connectivity index (χ3n) is 4.20. The lowest BCUT2D eigenvalue weighted by Crippen LogP contribution is -2.24. The lowest BCUT2D eigenvalue weighted by molar-refractivity contribution is -0.115. The number of amides is 2. The van der Waals surface area contributed by atoms with Crippen LogP contribution in [0.1, 0.15) is 5.56 Å². The number of carbonyl (C=O) groups is 2. The fourth-order valence-corrected chi connectivity index (χ4v) is 2.97. The number of pyridine rings is 1. The molecule has 1 aliphatic rings. The van der Waals surface area contributed by atoms with Gasteiger partial charge in [-0.2, -0.15) is 0 Å². The Labute approximate surface area is 147 Å². The van der Waals surface area contributed by atoms with Crippen molar-refractivity contribution < 1.29 is 18.7 Å². The second kappa shape index (κ2) is 6.47. The van der Waals surface area contributed by atoms with Crippen molar-refractivity contribution in [3.05, 3.63) is 54.2 Å². The van der Waals surface area contributed by atoms with E-state index < -0.39 is 11.9 Å². The van der Waals surface area contributed by atoms with Gasteiger partial charge in [-0.25, -0.2) is 9.18 Å². The van der Waals surface area contributed by atoms with Crippen molar-refractivity contribution >= 4 is 34.3 Å². The number of aromatic amines is 1. The van der Waals surface area contributed by atoms with Gasteiger partial charge in [-0.05, 0) is 29.8 Å². The topological polar surface area (TPSA) is 87.3 Å². The van der Waals surface area contributed by atoms with Gasteiger partial charge in [0.1, 0.15) is 12.4 Å². The van der Waals surface area contributed by atoms with Gasteiger partial charge in [0.15, 0.2) is 0 Å². The predicted octanol–water partition coefficient (Wildman–Crippen LogP) is 2.84. The first-order valence-electron chi connectivity index (χ1n) is 8.05. The molecule has 0 atom stereocenters. The first-order chi connectivity index (χ1) is 12.6. The van der Waals surface area contributed by atoms with Gasteiger partial charge in [0.2, 0.25) is 5.91 Å². The number of carbonyl (C=O) groups excluding carboxylic acids is 2. The van der Waals surface area contributed by atoms with Gasteiger partial charge in [0.05, 0.1) is 30.4 Å². The lowest BCUT2D eigenvalue weighted by Gasteiger charge is -2.15. The first kappa shape index (κ1) is 16.1. The fourth-order valence-electron chi connectivity index (χ4n) is 2.97. The van der Waals surface area contributed by atoms with Crippen LogP contribution in [0.2, 0.25) is 0 Å². The van der Waals surface area contributed by atoms with Crippen LogP contribution in [0.5, 0.6) is 0 Å². The van der Waals surface area contributed by atoms with Crippen LogP contribution in [0.15, 0.2) is 42.9 Å². The van der Waals surface area contributed by atoms with E-state index in [4.69, 9.17) is 4.74 Å². The van der Waals surface area contributed by atoms with Crippen molar-refractivity contribution in [3.8, 4) is 0 Å². The second-order valence-electron chi connectivity index (χ2n) is 5.89. The molecule has 1 aromatic carbocycles. The number of H-pyrrole nitrogens is 1. The molecule has 0 saturated carbocycles. The van der Waals surface area contributed by atoms with Crippen LogP contribution >= 0.6 is 0 Å². The van der Waals surface area contributed by atoms with Crippen LogP contribution in [-0.2, 0) is 16.0 Å². The zero-order chi connectivity index (χ0) is 18.1. The molecule has 3 aromatic rings. The summed E-state index contributed by atoms with van der Waals surface area (Å²) in [6.45, 7) is 0.487. The average molecular weight is 354 g/mol. The largest absolute Gasteiger partial charge is 0.447 e. The molecule has 1 fully saturated rings. The molecule has 2 aromatic heterocycles. The minimum Gasteiger partial charge on any atom is -0.447 e. The van der Waals surface area contributed by atoms with Crippen LogP contribution in [-0.4, -0.2) is 35.1 Å². The van der Waals surface area contributed by atoms with Crippen LogP contribution in [0.25, 0.3) is 10.9 Å². The predicted molar refractivity (Wildman–Crippen MR) is 93.5 cm³/mol. The van der Waals surface area contributed by atoms with Gasteiger partial charge in [-0.3, -0.25) is 14.7 Å². The molecule has 0 spiro atoms. The van der Waals surface area contributed by atoms with E-state index in [2.05, 4.69) is 15.3 Å². The summed E-state index contributed by atoms with van der Waals surface area (Å²) in [5.74, 6) is -0.796. The number of hydrogen-bond acceptors (Lipinski definition) is 4. The highest BCUT2D eigenvalue weighted by Gasteiger charge is 2.26. The summed E-state index contributed by atoms with van der Waals surface area (Å²) in [5, 5.41) is 3.66. The van der Waals surface area contributed by atoms with Crippen LogP contribution in [0.4, 0.5) is 20.6 Å². The Morgan fingerprint density at radius 2 is 2.27 bits per heavy atom. The van der Waals surface area contributed by atoms with Gasteiger partial charge < -0.3 is 15.0 Å². The number of cyclic esters (lactones) is 1.